The van der Waals surface area contributed by atoms with Crippen LogP contribution in [0.5, 0.6) is 0 Å². The largest absolute Gasteiger partial charge is 0.383 e. The van der Waals surface area contributed by atoms with Crippen LogP contribution < -0.4 is 10.6 Å². The van der Waals surface area contributed by atoms with Gasteiger partial charge in [0, 0.05) is 45.0 Å². The minimum Gasteiger partial charge on any atom is -0.383 e. The van der Waals surface area contributed by atoms with Crippen molar-refractivity contribution < 1.29 is 9.84 Å². The van der Waals surface area contributed by atoms with Crippen LogP contribution in [0, 0.1) is 6.92 Å². The number of aliphatic imine (C=N–C) groups is 1. The van der Waals surface area contributed by atoms with Crippen LogP contribution in [0.3, 0.4) is 0 Å². The van der Waals surface area contributed by atoms with Crippen LogP contribution in [-0.4, -0.2) is 71.7 Å². The van der Waals surface area contributed by atoms with Gasteiger partial charge in [-0.3, -0.25) is 9.58 Å². The van der Waals surface area contributed by atoms with Crippen molar-refractivity contribution in [1.82, 2.24) is 25.3 Å². The molecule has 9 heteroatoms. The first-order valence-electron chi connectivity index (χ1n) is 11.0. The van der Waals surface area contributed by atoms with Gasteiger partial charge in [-0.1, -0.05) is 29.8 Å². The molecule has 1 aromatic carbocycles. The highest BCUT2D eigenvalue weighted by Crippen LogP contribution is 2.22. The third-order valence-corrected chi connectivity index (χ3v) is 5.63. The summed E-state index contributed by atoms with van der Waals surface area (Å²) < 4.78 is 7.24. The Morgan fingerprint density at radius 3 is 2.53 bits per heavy atom. The maximum Gasteiger partial charge on any atom is 0.191 e. The highest BCUT2D eigenvalue weighted by atomic mass is 127. The molecule has 32 heavy (non-hydrogen) atoms. The molecular weight excluding hydrogens is 519 g/mol. The van der Waals surface area contributed by atoms with Crippen molar-refractivity contribution in [2.24, 2.45) is 12.0 Å². The van der Waals surface area contributed by atoms with Gasteiger partial charge in [-0.05, 0) is 26.3 Å². The summed E-state index contributed by atoms with van der Waals surface area (Å²) in [5, 5.41) is 21.8. The molecule has 1 fully saturated rings. The molecule has 1 aliphatic heterocycles. The van der Waals surface area contributed by atoms with E-state index in [-0.39, 0.29) is 36.6 Å². The first-order valence-corrected chi connectivity index (χ1v) is 11.0. The number of rotatable bonds is 8. The van der Waals surface area contributed by atoms with Gasteiger partial charge in [0.2, 0.25) is 0 Å². The van der Waals surface area contributed by atoms with Gasteiger partial charge >= 0.3 is 0 Å². The van der Waals surface area contributed by atoms with Crippen LogP contribution in [0.25, 0.3) is 0 Å². The van der Waals surface area contributed by atoms with E-state index < -0.39 is 5.60 Å². The van der Waals surface area contributed by atoms with Crippen LogP contribution in [0.2, 0.25) is 0 Å². The molecule has 0 amide bonds. The fourth-order valence-corrected chi connectivity index (χ4v) is 3.69. The second-order valence-corrected chi connectivity index (χ2v) is 8.33. The van der Waals surface area contributed by atoms with Gasteiger partial charge in [0.15, 0.2) is 5.96 Å². The van der Waals surface area contributed by atoms with Crippen LogP contribution in [0.15, 0.2) is 41.7 Å². The van der Waals surface area contributed by atoms with Gasteiger partial charge < -0.3 is 20.5 Å². The van der Waals surface area contributed by atoms with Crippen molar-refractivity contribution in [2.45, 2.75) is 32.4 Å². The maximum atomic E-state index is 10.9. The first-order chi connectivity index (χ1) is 14.9. The molecule has 178 valence electrons. The molecule has 0 bridgehead atoms. The Balaban J connectivity index is 0.00000363. The summed E-state index contributed by atoms with van der Waals surface area (Å²) in [5.41, 5.74) is 2.19. The number of morpholine rings is 1. The van der Waals surface area contributed by atoms with E-state index in [9.17, 15) is 5.11 Å². The lowest BCUT2D eigenvalue weighted by Gasteiger charge is -2.35. The Morgan fingerprint density at radius 1 is 1.25 bits per heavy atom. The molecule has 1 aliphatic rings. The summed E-state index contributed by atoms with van der Waals surface area (Å²) >= 11 is 0. The highest BCUT2D eigenvalue weighted by molar-refractivity contribution is 14.0. The molecule has 1 saturated heterocycles. The molecule has 2 aromatic rings. The normalized spacial score (nSPS) is 17.8. The zero-order valence-electron chi connectivity index (χ0n) is 19.5. The number of aliphatic hydroxyl groups is 1. The molecule has 0 aliphatic carbocycles. The summed E-state index contributed by atoms with van der Waals surface area (Å²) in [6.07, 6.45) is 3.50. The number of guanidine groups is 1. The van der Waals surface area contributed by atoms with E-state index in [1.807, 2.05) is 20.2 Å². The summed E-state index contributed by atoms with van der Waals surface area (Å²) in [6.45, 7) is 10.9. The lowest BCUT2D eigenvalue weighted by molar-refractivity contribution is 0.0169. The SMILES string of the molecule is CCNC(=NCC(C)(O)c1cnn(C)c1)NCC(c1ccc(C)cc1)N1CCOCC1.I. The van der Waals surface area contributed by atoms with Gasteiger partial charge in [-0.15, -0.1) is 24.0 Å². The van der Waals surface area contributed by atoms with Crippen molar-refractivity contribution in [3.63, 3.8) is 0 Å². The molecule has 2 atom stereocenters. The average Bonchev–Trinajstić information content (AvgIpc) is 3.21. The minimum absolute atomic E-state index is 0. The van der Waals surface area contributed by atoms with Crippen molar-refractivity contribution in [1.29, 1.82) is 0 Å². The number of nitrogens with zero attached hydrogens (tertiary/aromatic N) is 4. The third kappa shape index (κ3) is 7.43. The zero-order chi connectivity index (χ0) is 22.3. The summed E-state index contributed by atoms with van der Waals surface area (Å²) in [5.74, 6) is 0.692. The second kappa shape index (κ2) is 12.5. The lowest BCUT2D eigenvalue weighted by atomic mass is 10.0. The Labute approximate surface area is 208 Å². The minimum atomic E-state index is -1.09. The Kier molecular flexibility index (Phi) is 10.4. The van der Waals surface area contributed by atoms with Crippen LogP contribution >= 0.6 is 24.0 Å². The fourth-order valence-electron chi connectivity index (χ4n) is 3.69. The number of halogens is 1. The van der Waals surface area contributed by atoms with Crippen LogP contribution in [-0.2, 0) is 17.4 Å². The topological polar surface area (TPSA) is 86.9 Å². The van der Waals surface area contributed by atoms with E-state index >= 15 is 0 Å². The van der Waals surface area contributed by atoms with Crippen molar-refractivity contribution in [3.05, 3.63) is 53.3 Å². The molecule has 0 spiro atoms. The fraction of sp³-hybridized carbons (Fsp3) is 0.565. The average molecular weight is 556 g/mol. The lowest BCUT2D eigenvalue weighted by Crippen LogP contribution is -2.46. The predicted molar refractivity (Wildman–Crippen MR) is 138 cm³/mol. The number of aryl methyl sites for hydroxylation is 2. The third-order valence-electron chi connectivity index (χ3n) is 5.63. The monoisotopic (exact) mass is 556 g/mol. The molecule has 8 nitrogen and oxygen atoms in total. The number of nitrogens with one attached hydrogen (secondary N) is 2. The van der Waals surface area contributed by atoms with E-state index in [0.29, 0.717) is 12.5 Å². The molecule has 1 aromatic heterocycles. The Hall–Kier alpha value is -1.69. The summed E-state index contributed by atoms with van der Waals surface area (Å²) in [7, 11) is 1.84. The van der Waals surface area contributed by atoms with Gasteiger partial charge in [0.25, 0.3) is 0 Å². The Bertz CT molecular complexity index is 846. The molecule has 2 unspecified atom stereocenters. The van der Waals surface area contributed by atoms with E-state index in [4.69, 9.17) is 4.74 Å². The number of ether oxygens (including phenoxy) is 1. The summed E-state index contributed by atoms with van der Waals surface area (Å²) in [4.78, 5) is 7.11. The quantitative estimate of drug-likeness (QED) is 0.263. The number of hydrogen-bond donors (Lipinski definition) is 3. The molecular formula is C23H37IN6O2. The van der Waals surface area contributed by atoms with Crippen molar-refractivity contribution >= 4 is 29.9 Å². The van der Waals surface area contributed by atoms with Crippen molar-refractivity contribution in [3.8, 4) is 0 Å². The van der Waals surface area contributed by atoms with Gasteiger partial charge in [0.05, 0.1) is 32.0 Å². The molecule has 0 radical (unpaired) electrons. The van der Waals surface area contributed by atoms with Gasteiger partial charge in [-0.25, -0.2) is 4.99 Å². The maximum absolute atomic E-state index is 10.9. The van der Waals surface area contributed by atoms with Gasteiger partial charge in [-0.2, -0.15) is 5.10 Å². The van der Waals surface area contributed by atoms with Crippen LogP contribution in [0.1, 0.15) is 36.6 Å². The van der Waals surface area contributed by atoms with E-state index in [1.165, 1.54) is 11.1 Å². The van der Waals surface area contributed by atoms with E-state index in [1.54, 1.807) is 17.8 Å². The second-order valence-electron chi connectivity index (χ2n) is 8.33. The Morgan fingerprint density at radius 2 is 1.94 bits per heavy atom. The van der Waals surface area contributed by atoms with Gasteiger partial charge in [0.1, 0.15) is 5.60 Å². The van der Waals surface area contributed by atoms with E-state index in [0.717, 1.165) is 38.4 Å². The summed E-state index contributed by atoms with van der Waals surface area (Å²) in [6, 6.07) is 8.94. The molecule has 2 heterocycles. The van der Waals surface area contributed by atoms with Crippen LogP contribution in [0.4, 0.5) is 0 Å². The molecule has 3 rings (SSSR count). The zero-order valence-corrected chi connectivity index (χ0v) is 21.9. The number of benzene rings is 1. The van der Waals surface area contributed by atoms with Crippen molar-refractivity contribution in [2.75, 3.05) is 45.9 Å². The molecule has 3 N–H and O–H groups in total. The molecule has 0 saturated carbocycles. The number of hydrogen-bond acceptors (Lipinski definition) is 5. The predicted octanol–water partition coefficient (Wildman–Crippen LogP) is 2.18. The highest BCUT2D eigenvalue weighted by Gasteiger charge is 2.26. The smallest absolute Gasteiger partial charge is 0.191 e. The van der Waals surface area contributed by atoms with E-state index in [2.05, 4.69) is 56.8 Å². The number of aromatic nitrogens is 2. The standard InChI is InChI=1S/C23H36N6O2.HI/c1-5-24-22(26-17-23(3,30)20-14-27-28(4)16-20)25-15-21(29-10-12-31-13-11-29)19-8-6-18(2)7-9-19;/h6-9,14,16,21,30H,5,10-13,15,17H2,1-4H3,(H2,24,25,26);1H. The first kappa shape index (κ1) is 26.6.